The monoisotopic (exact) mass is 492 g/mol. The smallest absolute Gasteiger partial charge is 0.316 e. The van der Waals surface area contributed by atoms with Crippen LogP contribution >= 0.6 is 23.2 Å². The predicted octanol–water partition coefficient (Wildman–Crippen LogP) is 3.67. The average Bonchev–Trinajstić information content (AvgIpc) is 3.28. The third kappa shape index (κ3) is 6.36. The molecule has 2 amide bonds. The maximum absolute atomic E-state index is 12.3. The van der Waals surface area contributed by atoms with Crippen LogP contribution in [0, 0.1) is 6.92 Å². The molecule has 0 saturated heterocycles. The molecule has 3 rings (SSSR count). The van der Waals surface area contributed by atoms with Crippen molar-refractivity contribution in [2.24, 2.45) is 0 Å². The molecule has 0 bridgehead atoms. The minimum Gasteiger partial charge on any atom is -0.496 e. The first kappa shape index (κ1) is 24.3. The van der Waals surface area contributed by atoms with Crippen LogP contribution in [0.3, 0.4) is 0 Å². The number of carbonyl (C=O) groups excluding carboxylic acids is 2. The predicted molar refractivity (Wildman–Crippen MR) is 123 cm³/mol. The van der Waals surface area contributed by atoms with Gasteiger partial charge in [0, 0.05) is 23.1 Å². The van der Waals surface area contributed by atoms with Crippen molar-refractivity contribution in [1.82, 2.24) is 20.8 Å². The first-order valence-electron chi connectivity index (χ1n) is 9.95. The van der Waals surface area contributed by atoms with Gasteiger partial charge in [-0.2, -0.15) is 4.98 Å². The third-order valence-corrected chi connectivity index (χ3v) is 5.01. The van der Waals surface area contributed by atoms with E-state index in [-0.39, 0.29) is 30.7 Å². The molecule has 0 aliphatic rings. The van der Waals surface area contributed by atoms with E-state index in [0.717, 1.165) is 5.56 Å². The summed E-state index contributed by atoms with van der Waals surface area (Å²) < 4.78 is 16.0. The Hall–Kier alpha value is -3.30. The number of hydrogen-bond donors (Lipinski definition) is 2. The number of benzene rings is 2. The quantitative estimate of drug-likeness (QED) is 0.437. The Labute approximate surface area is 200 Å². The van der Waals surface area contributed by atoms with Gasteiger partial charge in [0.15, 0.2) is 6.10 Å². The highest BCUT2D eigenvalue weighted by atomic mass is 35.5. The van der Waals surface area contributed by atoms with Crippen LogP contribution in [0.2, 0.25) is 10.0 Å². The second-order valence-electron chi connectivity index (χ2n) is 6.98. The van der Waals surface area contributed by atoms with Gasteiger partial charge in [-0.1, -0.05) is 28.4 Å². The number of aromatic nitrogens is 2. The number of nitrogens with zero attached hydrogens (tertiary/aromatic N) is 2. The topological polar surface area (TPSA) is 116 Å². The van der Waals surface area contributed by atoms with Crippen LogP contribution < -0.4 is 20.1 Å². The Morgan fingerprint density at radius 3 is 2.42 bits per heavy atom. The average molecular weight is 493 g/mol. The largest absolute Gasteiger partial charge is 0.496 e. The summed E-state index contributed by atoms with van der Waals surface area (Å²) in [4.78, 5) is 28.6. The van der Waals surface area contributed by atoms with Gasteiger partial charge in [-0.25, -0.2) is 0 Å². The summed E-state index contributed by atoms with van der Waals surface area (Å²) in [5.74, 6) is 0.0836. The van der Waals surface area contributed by atoms with E-state index in [4.69, 9.17) is 37.2 Å². The molecule has 174 valence electrons. The van der Waals surface area contributed by atoms with Crippen molar-refractivity contribution < 1.29 is 23.6 Å². The van der Waals surface area contributed by atoms with Crippen molar-refractivity contribution in [3.05, 3.63) is 57.9 Å². The van der Waals surface area contributed by atoms with E-state index in [0.29, 0.717) is 27.1 Å². The van der Waals surface area contributed by atoms with Crippen LogP contribution in [0.5, 0.6) is 11.5 Å². The highest BCUT2D eigenvalue weighted by molar-refractivity contribution is 6.31. The molecule has 9 nitrogen and oxygen atoms in total. The van der Waals surface area contributed by atoms with Crippen LogP contribution in [0.25, 0.3) is 11.4 Å². The zero-order valence-corrected chi connectivity index (χ0v) is 19.7. The fourth-order valence-corrected chi connectivity index (χ4v) is 3.25. The molecule has 2 N–H and O–H groups in total. The number of amides is 2. The lowest BCUT2D eigenvalue weighted by Gasteiger charge is -2.16. The molecule has 1 aromatic heterocycles. The fraction of sp³-hybridized carbons (Fsp3) is 0.273. The molecule has 2 aromatic carbocycles. The molecule has 1 unspecified atom stereocenters. The molecule has 0 aliphatic heterocycles. The van der Waals surface area contributed by atoms with Crippen LogP contribution in [-0.2, 0) is 4.79 Å². The number of halogens is 2. The second kappa shape index (κ2) is 11.0. The Bertz CT molecular complexity index is 1150. The second-order valence-corrected chi connectivity index (χ2v) is 7.86. The van der Waals surface area contributed by atoms with Gasteiger partial charge in [0.25, 0.3) is 5.91 Å². The lowest BCUT2D eigenvalue weighted by Crippen LogP contribution is -2.40. The Kier molecular flexibility index (Phi) is 8.13. The molecule has 33 heavy (non-hydrogen) atoms. The van der Waals surface area contributed by atoms with Gasteiger partial charge >= 0.3 is 11.8 Å². The van der Waals surface area contributed by atoms with Crippen LogP contribution in [-0.4, -0.2) is 48.3 Å². The molecule has 0 saturated carbocycles. The maximum Gasteiger partial charge on any atom is 0.316 e. The van der Waals surface area contributed by atoms with E-state index in [9.17, 15) is 9.59 Å². The van der Waals surface area contributed by atoms with E-state index >= 15 is 0 Å². The van der Waals surface area contributed by atoms with Gasteiger partial charge in [-0.05, 0) is 55.8 Å². The zero-order valence-electron chi connectivity index (χ0n) is 18.1. The Morgan fingerprint density at radius 2 is 1.73 bits per heavy atom. The van der Waals surface area contributed by atoms with Gasteiger partial charge < -0.3 is 24.6 Å². The normalized spacial score (nSPS) is 11.5. The Morgan fingerprint density at radius 1 is 1.06 bits per heavy atom. The van der Waals surface area contributed by atoms with Crippen molar-refractivity contribution >= 4 is 35.0 Å². The first-order valence-corrected chi connectivity index (χ1v) is 10.7. The number of ether oxygens (including phenoxy) is 2. The van der Waals surface area contributed by atoms with E-state index in [1.165, 1.54) is 7.11 Å². The van der Waals surface area contributed by atoms with E-state index in [2.05, 4.69) is 20.8 Å². The van der Waals surface area contributed by atoms with Crippen molar-refractivity contribution in [2.45, 2.75) is 20.0 Å². The van der Waals surface area contributed by atoms with Crippen molar-refractivity contribution in [3.8, 4) is 22.9 Å². The molecule has 0 fully saturated rings. The summed E-state index contributed by atoms with van der Waals surface area (Å²) >= 11 is 11.9. The molecule has 11 heteroatoms. The molecule has 0 spiro atoms. The lowest BCUT2D eigenvalue weighted by atomic mass is 10.2. The summed E-state index contributed by atoms with van der Waals surface area (Å²) in [6.07, 6.45) is -0.730. The summed E-state index contributed by atoms with van der Waals surface area (Å²) in [6.45, 7) is 3.80. The van der Waals surface area contributed by atoms with Gasteiger partial charge in [0.2, 0.25) is 5.82 Å². The van der Waals surface area contributed by atoms with Crippen LogP contribution in [0.15, 0.2) is 40.9 Å². The molecular formula is C22H22Cl2N4O5. The highest BCUT2D eigenvalue weighted by Crippen LogP contribution is 2.30. The summed E-state index contributed by atoms with van der Waals surface area (Å²) in [5, 5.41) is 10.2. The first-order chi connectivity index (χ1) is 15.8. The lowest BCUT2D eigenvalue weighted by molar-refractivity contribution is -0.127. The minimum absolute atomic E-state index is 0.148. The number of nitrogens with one attached hydrogen (secondary N) is 2. The Balaban J connectivity index is 1.48. The van der Waals surface area contributed by atoms with Gasteiger partial charge in [0.05, 0.1) is 12.7 Å². The van der Waals surface area contributed by atoms with E-state index < -0.39 is 12.0 Å². The molecule has 1 atom stereocenters. The number of hydrogen-bond acceptors (Lipinski definition) is 7. The maximum atomic E-state index is 12.3. The fourth-order valence-electron chi connectivity index (χ4n) is 2.85. The van der Waals surface area contributed by atoms with Crippen molar-refractivity contribution in [3.63, 3.8) is 0 Å². The summed E-state index contributed by atoms with van der Waals surface area (Å²) in [5.41, 5.74) is 1.31. The summed E-state index contributed by atoms with van der Waals surface area (Å²) in [6, 6.07) is 10.1. The van der Waals surface area contributed by atoms with Gasteiger partial charge in [0.1, 0.15) is 11.5 Å². The number of methoxy groups -OCH3 is 1. The molecule has 0 radical (unpaired) electrons. The SMILES string of the molecule is COc1ccc(Cl)cc1-c1noc(C(=O)NCCNC(=O)C(C)Oc2ccc(Cl)cc2C)n1. The van der Waals surface area contributed by atoms with Crippen molar-refractivity contribution in [1.29, 1.82) is 0 Å². The molecular weight excluding hydrogens is 471 g/mol. The zero-order chi connectivity index (χ0) is 24.0. The van der Waals surface area contributed by atoms with E-state index in [1.54, 1.807) is 43.3 Å². The molecule has 1 heterocycles. The number of carbonyl (C=O) groups is 2. The van der Waals surface area contributed by atoms with Crippen LogP contribution in [0.1, 0.15) is 23.2 Å². The highest BCUT2D eigenvalue weighted by Gasteiger charge is 2.19. The standard InChI is InChI=1S/C22H22Cl2N4O5/c1-12-10-14(23)4-6-17(12)32-13(2)20(29)25-8-9-26-21(30)22-27-19(28-33-22)16-11-15(24)5-7-18(16)31-3/h4-7,10-11,13H,8-9H2,1-3H3,(H,25,29)(H,26,30). The van der Waals surface area contributed by atoms with Gasteiger partial charge in [-0.3, -0.25) is 9.59 Å². The van der Waals surface area contributed by atoms with Crippen molar-refractivity contribution in [2.75, 3.05) is 20.2 Å². The minimum atomic E-state index is -0.730. The van der Waals surface area contributed by atoms with E-state index in [1.807, 2.05) is 6.92 Å². The molecule has 0 aliphatic carbocycles. The summed E-state index contributed by atoms with van der Waals surface area (Å²) in [7, 11) is 1.50. The number of rotatable bonds is 9. The van der Waals surface area contributed by atoms with Gasteiger partial charge in [-0.15, -0.1) is 0 Å². The van der Waals surface area contributed by atoms with Crippen LogP contribution in [0.4, 0.5) is 0 Å². The molecule has 3 aromatic rings. The number of aryl methyl sites for hydroxylation is 1. The third-order valence-electron chi connectivity index (χ3n) is 4.54.